The van der Waals surface area contributed by atoms with Gasteiger partial charge >= 0.3 is 0 Å². The number of aryl methyl sites for hydroxylation is 2. The highest BCUT2D eigenvalue weighted by molar-refractivity contribution is 7.89. The first-order chi connectivity index (χ1) is 12.3. The van der Waals surface area contributed by atoms with Gasteiger partial charge in [0.2, 0.25) is 15.9 Å². The summed E-state index contributed by atoms with van der Waals surface area (Å²) in [6.45, 7) is 5.46. The molecule has 0 bridgehead atoms. The smallest absolute Gasteiger partial charge is 0.246 e. The number of rotatable bonds is 8. The standard InChI is InChI=1S/C18H28N2O5S/c1-14-4-5-17(12-15(14)2)26(22,23)20-8-6-16(7-9-20)19-18(21)13-25-11-10-24-3/h4-5,12,16H,6-11,13H2,1-3H3,(H,19,21). The Morgan fingerprint density at radius 1 is 1.19 bits per heavy atom. The lowest BCUT2D eigenvalue weighted by Gasteiger charge is -2.31. The predicted molar refractivity (Wildman–Crippen MR) is 98.5 cm³/mol. The quantitative estimate of drug-likeness (QED) is 0.682. The molecule has 1 aliphatic rings. The molecule has 0 aliphatic carbocycles. The van der Waals surface area contributed by atoms with Gasteiger partial charge < -0.3 is 14.8 Å². The van der Waals surface area contributed by atoms with E-state index >= 15 is 0 Å². The maximum absolute atomic E-state index is 12.8. The zero-order valence-electron chi connectivity index (χ0n) is 15.7. The Morgan fingerprint density at radius 2 is 1.88 bits per heavy atom. The van der Waals surface area contributed by atoms with Crippen molar-refractivity contribution in [3.8, 4) is 0 Å². The van der Waals surface area contributed by atoms with Crippen molar-refractivity contribution in [1.82, 2.24) is 9.62 Å². The number of carbonyl (C=O) groups excluding carboxylic acids is 1. The Labute approximate surface area is 155 Å². The first-order valence-electron chi connectivity index (χ1n) is 8.78. The van der Waals surface area contributed by atoms with E-state index in [-0.39, 0.29) is 18.6 Å². The highest BCUT2D eigenvalue weighted by Crippen LogP contribution is 2.22. The van der Waals surface area contributed by atoms with Gasteiger partial charge in [0.05, 0.1) is 18.1 Å². The third-order valence-corrected chi connectivity index (χ3v) is 6.49. The van der Waals surface area contributed by atoms with E-state index in [9.17, 15) is 13.2 Å². The van der Waals surface area contributed by atoms with E-state index in [0.29, 0.717) is 44.0 Å². The minimum Gasteiger partial charge on any atom is -0.382 e. The van der Waals surface area contributed by atoms with Gasteiger partial charge in [0.15, 0.2) is 0 Å². The van der Waals surface area contributed by atoms with Crippen LogP contribution in [0.15, 0.2) is 23.1 Å². The van der Waals surface area contributed by atoms with Crippen molar-refractivity contribution < 1.29 is 22.7 Å². The number of sulfonamides is 1. The molecule has 1 heterocycles. The van der Waals surface area contributed by atoms with E-state index in [1.54, 1.807) is 19.2 Å². The molecule has 2 rings (SSSR count). The van der Waals surface area contributed by atoms with Gasteiger partial charge in [-0.2, -0.15) is 4.31 Å². The summed E-state index contributed by atoms with van der Waals surface area (Å²) in [6, 6.07) is 5.18. The largest absolute Gasteiger partial charge is 0.382 e. The number of amides is 1. The minimum absolute atomic E-state index is 0.00941. The van der Waals surface area contributed by atoms with Gasteiger partial charge in [0.1, 0.15) is 6.61 Å². The molecule has 1 fully saturated rings. The molecule has 0 radical (unpaired) electrons. The highest BCUT2D eigenvalue weighted by Gasteiger charge is 2.30. The molecule has 0 atom stereocenters. The van der Waals surface area contributed by atoms with Crippen LogP contribution in [0.3, 0.4) is 0 Å². The number of piperidine rings is 1. The first kappa shape index (κ1) is 20.8. The van der Waals surface area contributed by atoms with E-state index in [4.69, 9.17) is 9.47 Å². The summed E-state index contributed by atoms with van der Waals surface area (Å²) >= 11 is 0. The molecule has 26 heavy (non-hydrogen) atoms. The van der Waals surface area contributed by atoms with Crippen LogP contribution in [0.4, 0.5) is 0 Å². The summed E-state index contributed by atoms with van der Waals surface area (Å²) < 4.78 is 37.1. The molecule has 146 valence electrons. The van der Waals surface area contributed by atoms with E-state index in [2.05, 4.69) is 5.32 Å². The van der Waals surface area contributed by atoms with Gasteiger partial charge in [0, 0.05) is 26.2 Å². The number of nitrogens with one attached hydrogen (secondary N) is 1. The fourth-order valence-electron chi connectivity index (χ4n) is 2.84. The Kier molecular flexibility index (Phi) is 7.57. The second-order valence-corrected chi connectivity index (χ2v) is 8.48. The van der Waals surface area contributed by atoms with E-state index in [1.807, 2.05) is 19.9 Å². The van der Waals surface area contributed by atoms with Crippen LogP contribution in [0.2, 0.25) is 0 Å². The minimum atomic E-state index is -3.49. The molecule has 7 nitrogen and oxygen atoms in total. The van der Waals surface area contributed by atoms with Crippen molar-refractivity contribution in [2.75, 3.05) is 40.0 Å². The molecular formula is C18H28N2O5S. The SMILES string of the molecule is COCCOCC(=O)NC1CCN(S(=O)(=O)c2ccc(C)c(C)c2)CC1. The van der Waals surface area contributed by atoms with Crippen LogP contribution in [0, 0.1) is 13.8 Å². The third-order valence-electron chi connectivity index (χ3n) is 4.60. The number of hydrogen-bond donors (Lipinski definition) is 1. The summed E-state index contributed by atoms with van der Waals surface area (Å²) in [4.78, 5) is 12.2. The lowest BCUT2D eigenvalue weighted by molar-refractivity contribution is -0.127. The van der Waals surface area contributed by atoms with Gasteiger partial charge in [-0.15, -0.1) is 0 Å². The molecule has 1 amide bonds. The Balaban J connectivity index is 1.85. The average Bonchev–Trinajstić information content (AvgIpc) is 2.61. The molecule has 1 aliphatic heterocycles. The molecule has 0 spiro atoms. The van der Waals surface area contributed by atoms with E-state index in [0.717, 1.165) is 11.1 Å². The molecule has 1 aromatic carbocycles. The second-order valence-electron chi connectivity index (χ2n) is 6.54. The zero-order chi connectivity index (χ0) is 19.2. The summed E-state index contributed by atoms with van der Waals surface area (Å²) in [6.07, 6.45) is 1.18. The van der Waals surface area contributed by atoms with Gasteiger partial charge in [-0.25, -0.2) is 8.42 Å². The molecule has 0 unspecified atom stereocenters. The topological polar surface area (TPSA) is 84.9 Å². The lowest BCUT2D eigenvalue weighted by Crippen LogP contribution is -2.47. The van der Waals surface area contributed by atoms with Gasteiger partial charge in [0.25, 0.3) is 0 Å². The molecule has 1 N–H and O–H groups in total. The maximum atomic E-state index is 12.8. The van der Waals surface area contributed by atoms with Crippen LogP contribution in [-0.2, 0) is 24.3 Å². The van der Waals surface area contributed by atoms with Crippen LogP contribution < -0.4 is 5.32 Å². The Morgan fingerprint density at radius 3 is 2.50 bits per heavy atom. The van der Waals surface area contributed by atoms with Crippen molar-refractivity contribution in [2.24, 2.45) is 0 Å². The van der Waals surface area contributed by atoms with Gasteiger partial charge in [-0.05, 0) is 49.9 Å². The number of ether oxygens (including phenoxy) is 2. The number of hydrogen-bond acceptors (Lipinski definition) is 5. The Bertz CT molecular complexity index is 712. The fraction of sp³-hybridized carbons (Fsp3) is 0.611. The fourth-order valence-corrected chi connectivity index (χ4v) is 4.40. The van der Waals surface area contributed by atoms with Crippen molar-refractivity contribution in [1.29, 1.82) is 0 Å². The van der Waals surface area contributed by atoms with Crippen LogP contribution in [0.5, 0.6) is 0 Å². The van der Waals surface area contributed by atoms with Crippen molar-refractivity contribution in [2.45, 2.75) is 37.6 Å². The van der Waals surface area contributed by atoms with Crippen LogP contribution >= 0.6 is 0 Å². The van der Waals surface area contributed by atoms with Crippen molar-refractivity contribution in [3.05, 3.63) is 29.3 Å². The van der Waals surface area contributed by atoms with E-state index in [1.165, 1.54) is 4.31 Å². The van der Waals surface area contributed by atoms with Crippen LogP contribution in [0.25, 0.3) is 0 Å². The molecule has 8 heteroatoms. The molecule has 1 saturated heterocycles. The van der Waals surface area contributed by atoms with Crippen LogP contribution in [-0.4, -0.2) is 64.7 Å². The molecule has 0 saturated carbocycles. The van der Waals surface area contributed by atoms with Crippen molar-refractivity contribution in [3.63, 3.8) is 0 Å². The summed E-state index contributed by atoms with van der Waals surface area (Å²) in [5.74, 6) is -0.184. The maximum Gasteiger partial charge on any atom is 0.246 e. The highest BCUT2D eigenvalue weighted by atomic mass is 32.2. The summed E-state index contributed by atoms with van der Waals surface area (Å²) in [7, 11) is -1.92. The summed E-state index contributed by atoms with van der Waals surface area (Å²) in [5, 5.41) is 2.90. The molecular weight excluding hydrogens is 356 g/mol. The van der Waals surface area contributed by atoms with Gasteiger partial charge in [-0.1, -0.05) is 6.07 Å². The average molecular weight is 384 g/mol. The van der Waals surface area contributed by atoms with Gasteiger partial charge in [-0.3, -0.25) is 4.79 Å². The number of benzene rings is 1. The zero-order valence-corrected chi connectivity index (χ0v) is 16.5. The molecule has 0 aromatic heterocycles. The normalized spacial score (nSPS) is 16.6. The first-order valence-corrected chi connectivity index (χ1v) is 10.2. The monoisotopic (exact) mass is 384 g/mol. The summed E-state index contributed by atoms with van der Waals surface area (Å²) in [5.41, 5.74) is 2.03. The number of methoxy groups -OCH3 is 1. The predicted octanol–water partition coefficient (Wildman–Crippen LogP) is 1.24. The molecule has 1 aromatic rings. The Hall–Kier alpha value is -1.48. The number of carbonyl (C=O) groups is 1. The number of nitrogens with zero attached hydrogens (tertiary/aromatic N) is 1. The van der Waals surface area contributed by atoms with Crippen molar-refractivity contribution >= 4 is 15.9 Å². The van der Waals surface area contributed by atoms with E-state index < -0.39 is 10.0 Å². The second kappa shape index (κ2) is 9.45. The van der Waals surface area contributed by atoms with Crippen LogP contribution in [0.1, 0.15) is 24.0 Å². The third kappa shape index (κ3) is 5.51. The lowest BCUT2D eigenvalue weighted by atomic mass is 10.1.